The van der Waals surface area contributed by atoms with Crippen LogP contribution >= 0.6 is 11.3 Å². The zero-order valence-corrected chi connectivity index (χ0v) is 24.3. The van der Waals surface area contributed by atoms with Crippen LogP contribution in [0.2, 0.25) is 0 Å². The van der Waals surface area contributed by atoms with E-state index in [9.17, 15) is 9.59 Å². The molecule has 1 aliphatic carbocycles. The molecule has 5 aromatic rings. The summed E-state index contributed by atoms with van der Waals surface area (Å²) in [6.07, 6.45) is 4.76. The van der Waals surface area contributed by atoms with Crippen LogP contribution < -0.4 is 21.1 Å². The molecular weight excluding hydrogens is 546 g/mol. The van der Waals surface area contributed by atoms with E-state index in [0.717, 1.165) is 50.5 Å². The molecule has 0 radical (unpaired) electrons. The van der Waals surface area contributed by atoms with Gasteiger partial charge in [-0.05, 0) is 48.1 Å². The van der Waals surface area contributed by atoms with Crippen molar-refractivity contribution in [3.63, 3.8) is 0 Å². The fraction of sp³-hybridized carbons (Fsp3) is 0.242. The Labute approximate surface area is 247 Å². The predicted molar refractivity (Wildman–Crippen MR) is 169 cm³/mol. The monoisotopic (exact) mass is 577 g/mol. The van der Waals surface area contributed by atoms with Crippen LogP contribution in [0.3, 0.4) is 0 Å². The molecule has 1 fully saturated rings. The molecule has 8 nitrogen and oxygen atoms in total. The lowest BCUT2D eigenvalue weighted by molar-refractivity contribution is -0.120. The molecule has 3 heterocycles. The normalized spacial score (nSPS) is 13.7. The van der Waals surface area contributed by atoms with Gasteiger partial charge in [0.15, 0.2) is 0 Å². The number of ether oxygens (including phenoxy) is 1. The van der Waals surface area contributed by atoms with E-state index < -0.39 is 0 Å². The van der Waals surface area contributed by atoms with Crippen molar-refractivity contribution in [3.05, 3.63) is 71.4 Å². The molecule has 1 amide bonds. The van der Waals surface area contributed by atoms with Gasteiger partial charge in [-0.2, -0.15) is 0 Å². The molecule has 42 heavy (non-hydrogen) atoms. The summed E-state index contributed by atoms with van der Waals surface area (Å²) in [5.74, 6) is 7.56. The molecule has 0 spiro atoms. The molecule has 1 saturated carbocycles. The van der Waals surface area contributed by atoms with E-state index in [4.69, 9.17) is 10.5 Å². The number of nitrogens with two attached hydrogens (primary N) is 1. The molecule has 1 aliphatic rings. The Balaban J connectivity index is 1.23. The first kappa shape index (κ1) is 27.5. The minimum Gasteiger partial charge on any atom is -0.495 e. The van der Waals surface area contributed by atoms with E-state index in [1.54, 1.807) is 24.6 Å². The lowest BCUT2D eigenvalue weighted by Crippen LogP contribution is -2.33. The highest BCUT2D eigenvalue weighted by molar-refractivity contribution is 7.18. The van der Waals surface area contributed by atoms with Gasteiger partial charge in [0.2, 0.25) is 0 Å². The van der Waals surface area contributed by atoms with Gasteiger partial charge in [-0.15, -0.1) is 11.3 Å². The number of para-hydroxylation sites is 1. The van der Waals surface area contributed by atoms with Crippen molar-refractivity contribution in [2.24, 2.45) is 7.05 Å². The summed E-state index contributed by atoms with van der Waals surface area (Å²) in [5, 5.41) is 10.3. The number of nitrogens with one attached hydrogen (secondary N) is 2. The zero-order chi connectivity index (χ0) is 29.2. The van der Waals surface area contributed by atoms with Crippen molar-refractivity contribution in [2.75, 3.05) is 24.7 Å². The number of benzene rings is 2. The summed E-state index contributed by atoms with van der Waals surface area (Å²) >= 11 is 1.57. The van der Waals surface area contributed by atoms with Gasteiger partial charge < -0.3 is 25.7 Å². The summed E-state index contributed by atoms with van der Waals surface area (Å²) in [6.45, 7) is 0.548. The fourth-order valence-electron chi connectivity index (χ4n) is 5.50. The number of ketones is 1. The van der Waals surface area contributed by atoms with Gasteiger partial charge in [0, 0.05) is 54.0 Å². The molecule has 2 aromatic carbocycles. The van der Waals surface area contributed by atoms with Crippen molar-refractivity contribution in [3.8, 4) is 28.7 Å². The second-order valence-electron chi connectivity index (χ2n) is 10.4. The third-order valence-electron chi connectivity index (χ3n) is 7.82. The number of nitrogen functional groups attached to an aromatic ring is 1. The maximum absolute atomic E-state index is 13.2. The number of fused-ring (bicyclic) bond motifs is 2. The van der Waals surface area contributed by atoms with Crippen LogP contribution in [-0.4, -0.2) is 40.9 Å². The van der Waals surface area contributed by atoms with Crippen LogP contribution in [-0.2, 0) is 11.8 Å². The van der Waals surface area contributed by atoms with Gasteiger partial charge in [-0.3, -0.25) is 9.59 Å². The summed E-state index contributed by atoms with van der Waals surface area (Å²) in [6, 6.07) is 15.8. The summed E-state index contributed by atoms with van der Waals surface area (Å²) in [5.41, 5.74) is 11.1. The number of aryl methyl sites for hydroxylation is 1. The number of nitrogens with zero attached hydrogens (tertiary/aromatic N) is 2. The van der Waals surface area contributed by atoms with Crippen LogP contribution in [0.1, 0.15) is 41.7 Å². The molecule has 0 saturated heterocycles. The van der Waals surface area contributed by atoms with E-state index in [2.05, 4.69) is 27.5 Å². The largest absolute Gasteiger partial charge is 0.495 e. The first-order valence-corrected chi connectivity index (χ1v) is 14.7. The highest BCUT2D eigenvalue weighted by Crippen LogP contribution is 2.40. The van der Waals surface area contributed by atoms with Gasteiger partial charge in [0.1, 0.15) is 23.0 Å². The average Bonchev–Trinajstić information content (AvgIpc) is 3.60. The van der Waals surface area contributed by atoms with E-state index in [1.165, 1.54) is 0 Å². The molecule has 9 heteroatoms. The van der Waals surface area contributed by atoms with E-state index in [0.29, 0.717) is 54.2 Å². The van der Waals surface area contributed by atoms with Gasteiger partial charge in [0.25, 0.3) is 5.91 Å². The Morgan fingerprint density at radius 1 is 1.19 bits per heavy atom. The number of aromatic nitrogens is 2. The number of thiophene rings is 1. The highest BCUT2D eigenvalue weighted by atomic mass is 32.1. The molecule has 212 valence electrons. The van der Waals surface area contributed by atoms with Crippen molar-refractivity contribution in [2.45, 2.75) is 31.7 Å². The standard InChI is InChI=1S/C33H31N5O3S/c1-38-27-8-4-3-6-21(27)16-28(38)33(40)37-26-14-9-20(17-29(26)41-2)25-19-42-31-22(18-36-32(34)30(25)31)7-5-15-35-23-10-12-24(39)13-11-23/h3-4,6,8-9,14,16-19,23,35H,10-13,15H2,1-2H3,(H2,34,36)(H,37,40). The molecule has 3 aromatic heterocycles. The van der Waals surface area contributed by atoms with Gasteiger partial charge in [-0.25, -0.2) is 4.98 Å². The number of rotatable bonds is 6. The topological polar surface area (TPSA) is 111 Å². The van der Waals surface area contributed by atoms with E-state index in [1.807, 2.05) is 65.5 Å². The smallest absolute Gasteiger partial charge is 0.272 e. The number of carbonyl (C=O) groups is 2. The van der Waals surface area contributed by atoms with Crippen LogP contribution in [0.15, 0.2) is 60.1 Å². The van der Waals surface area contributed by atoms with Crippen LogP contribution in [0.25, 0.3) is 32.1 Å². The van der Waals surface area contributed by atoms with Crippen LogP contribution in [0, 0.1) is 11.8 Å². The Bertz CT molecular complexity index is 1880. The minimum atomic E-state index is -0.219. The van der Waals surface area contributed by atoms with Crippen molar-refractivity contribution < 1.29 is 14.3 Å². The van der Waals surface area contributed by atoms with Crippen molar-refractivity contribution >= 4 is 55.5 Å². The number of Topliss-reactive ketones (excluding diaryl/α,β-unsaturated/α-hetero) is 1. The van der Waals surface area contributed by atoms with Crippen molar-refractivity contribution in [1.82, 2.24) is 14.9 Å². The molecule has 0 unspecified atom stereocenters. The van der Waals surface area contributed by atoms with Gasteiger partial charge >= 0.3 is 0 Å². The zero-order valence-electron chi connectivity index (χ0n) is 23.5. The number of carbonyl (C=O) groups excluding carboxylic acids is 2. The van der Waals surface area contributed by atoms with Crippen LogP contribution in [0.4, 0.5) is 11.5 Å². The number of hydrogen-bond donors (Lipinski definition) is 3. The average molecular weight is 578 g/mol. The number of pyridine rings is 1. The lowest BCUT2D eigenvalue weighted by Gasteiger charge is -2.20. The second-order valence-corrected chi connectivity index (χ2v) is 11.3. The first-order chi connectivity index (χ1) is 20.4. The SMILES string of the molecule is COc1cc(-c2csc3c(C#CCNC4CCC(=O)CC4)cnc(N)c23)ccc1NC(=O)c1cc2ccccc2n1C. The molecule has 0 atom stereocenters. The van der Waals surface area contributed by atoms with E-state index in [-0.39, 0.29) is 5.91 Å². The fourth-order valence-corrected chi connectivity index (χ4v) is 6.56. The number of anilines is 2. The van der Waals surface area contributed by atoms with Gasteiger partial charge in [-0.1, -0.05) is 36.1 Å². The molecule has 0 bridgehead atoms. The number of methoxy groups -OCH3 is 1. The first-order valence-electron chi connectivity index (χ1n) is 13.9. The van der Waals surface area contributed by atoms with Crippen LogP contribution in [0.5, 0.6) is 5.75 Å². The Morgan fingerprint density at radius 2 is 2.00 bits per heavy atom. The lowest BCUT2D eigenvalue weighted by atomic mass is 9.94. The second kappa shape index (κ2) is 11.7. The predicted octanol–water partition coefficient (Wildman–Crippen LogP) is 5.75. The molecular formula is C33H31N5O3S. The number of hydrogen-bond acceptors (Lipinski definition) is 7. The Hall–Kier alpha value is -4.65. The molecule has 6 rings (SSSR count). The van der Waals surface area contributed by atoms with Crippen molar-refractivity contribution in [1.29, 1.82) is 0 Å². The highest BCUT2D eigenvalue weighted by Gasteiger charge is 2.19. The number of amides is 1. The quantitative estimate of drug-likeness (QED) is 0.222. The third-order valence-corrected chi connectivity index (χ3v) is 8.83. The minimum absolute atomic E-state index is 0.219. The van der Waals surface area contributed by atoms with Gasteiger partial charge in [0.05, 0.1) is 29.6 Å². The maximum Gasteiger partial charge on any atom is 0.272 e. The third kappa shape index (κ3) is 5.34. The van der Waals surface area contributed by atoms with E-state index >= 15 is 0 Å². The molecule has 4 N–H and O–H groups in total. The molecule has 0 aliphatic heterocycles. The Kier molecular flexibility index (Phi) is 7.66. The summed E-state index contributed by atoms with van der Waals surface area (Å²) in [4.78, 5) is 29.1. The summed E-state index contributed by atoms with van der Waals surface area (Å²) in [7, 11) is 3.47. The summed E-state index contributed by atoms with van der Waals surface area (Å²) < 4.78 is 8.54. The Morgan fingerprint density at radius 3 is 2.79 bits per heavy atom. The maximum atomic E-state index is 13.2.